The van der Waals surface area contributed by atoms with Crippen LogP contribution >= 0.6 is 11.3 Å². The van der Waals surface area contributed by atoms with E-state index in [0.29, 0.717) is 19.6 Å². The van der Waals surface area contributed by atoms with Crippen LogP contribution < -0.4 is 4.90 Å². The topological polar surface area (TPSA) is 97.6 Å². The SMILES string of the molecule is c1cc(C2CN(c3ncc4sccc4n3)CC(Cn3cncn3)O2)c2cn[nH]c2c1. The number of hydrogen-bond donors (Lipinski definition) is 1. The van der Waals surface area contributed by atoms with Gasteiger partial charge in [-0.1, -0.05) is 12.1 Å². The summed E-state index contributed by atoms with van der Waals surface area (Å²) < 4.78 is 9.41. The van der Waals surface area contributed by atoms with E-state index in [-0.39, 0.29) is 12.2 Å². The van der Waals surface area contributed by atoms with Crippen LogP contribution in [0.15, 0.2) is 54.7 Å². The van der Waals surface area contributed by atoms with Gasteiger partial charge in [0, 0.05) is 11.9 Å². The van der Waals surface area contributed by atoms with Crippen molar-refractivity contribution in [3.8, 4) is 0 Å². The van der Waals surface area contributed by atoms with Gasteiger partial charge in [0.1, 0.15) is 18.8 Å². The second-order valence-corrected chi connectivity index (χ2v) is 8.24. The van der Waals surface area contributed by atoms with Crippen LogP contribution in [0.3, 0.4) is 0 Å². The van der Waals surface area contributed by atoms with Gasteiger partial charge in [0.15, 0.2) is 0 Å². The fourth-order valence-corrected chi connectivity index (χ4v) is 4.68. The number of aromatic nitrogens is 7. The smallest absolute Gasteiger partial charge is 0.226 e. The molecule has 1 saturated heterocycles. The number of nitrogens with zero attached hydrogens (tertiary/aromatic N) is 7. The Morgan fingerprint density at radius 1 is 1.20 bits per heavy atom. The molecule has 5 heterocycles. The number of nitrogens with one attached hydrogen (secondary N) is 1. The first-order valence-electron chi connectivity index (χ1n) is 9.68. The van der Waals surface area contributed by atoms with E-state index in [2.05, 4.69) is 36.2 Å². The van der Waals surface area contributed by atoms with Crippen molar-refractivity contribution in [1.82, 2.24) is 34.9 Å². The van der Waals surface area contributed by atoms with Crippen molar-refractivity contribution in [2.45, 2.75) is 18.8 Å². The second kappa shape index (κ2) is 7.15. The van der Waals surface area contributed by atoms with Gasteiger partial charge in [-0.25, -0.2) is 15.0 Å². The number of thiophene rings is 1. The molecular formula is C20H18N8OS. The second-order valence-electron chi connectivity index (χ2n) is 7.29. The first-order valence-corrected chi connectivity index (χ1v) is 10.6. The Kier molecular flexibility index (Phi) is 4.17. The molecule has 150 valence electrons. The van der Waals surface area contributed by atoms with Crippen molar-refractivity contribution in [3.05, 3.63) is 60.3 Å². The molecule has 5 aromatic rings. The maximum Gasteiger partial charge on any atom is 0.226 e. The number of aromatic amines is 1. The number of morpholine rings is 1. The van der Waals surface area contributed by atoms with Crippen molar-refractivity contribution in [1.29, 1.82) is 0 Å². The molecule has 2 unspecified atom stereocenters. The molecule has 1 aliphatic heterocycles. The molecule has 30 heavy (non-hydrogen) atoms. The van der Waals surface area contributed by atoms with E-state index in [1.54, 1.807) is 22.3 Å². The average molecular weight is 418 g/mol. The van der Waals surface area contributed by atoms with Gasteiger partial charge in [-0.3, -0.25) is 9.78 Å². The zero-order valence-corrected chi connectivity index (χ0v) is 16.7. The molecule has 1 N–H and O–H groups in total. The summed E-state index contributed by atoms with van der Waals surface area (Å²) in [4.78, 5) is 15.7. The molecule has 1 fully saturated rings. The van der Waals surface area contributed by atoms with E-state index >= 15 is 0 Å². The number of benzene rings is 1. The Labute approximate surface area is 175 Å². The van der Waals surface area contributed by atoms with Crippen LogP contribution in [0.4, 0.5) is 5.95 Å². The Morgan fingerprint density at radius 3 is 3.13 bits per heavy atom. The molecule has 6 rings (SSSR count). The molecule has 9 nitrogen and oxygen atoms in total. The lowest BCUT2D eigenvalue weighted by Gasteiger charge is -2.38. The first-order chi connectivity index (χ1) is 14.8. The number of ether oxygens (including phenoxy) is 1. The van der Waals surface area contributed by atoms with E-state index in [9.17, 15) is 0 Å². The normalized spacial score (nSPS) is 19.7. The predicted molar refractivity (Wildman–Crippen MR) is 113 cm³/mol. The van der Waals surface area contributed by atoms with Crippen LogP contribution in [0.25, 0.3) is 21.1 Å². The third-order valence-electron chi connectivity index (χ3n) is 5.36. The molecule has 0 bridgehead atoms. The summed E-state index contributed by atoms with van der Waals surface area (Å²) in [7, 11) is 0. The summed E-state index contributed by atoms with van der Waals surface area (Å²) in [5.41, 5.74) is 3.07. The van der Waals surface area contributed by atoms with Gasteiger partial charge in [0.2, 0.25) is 5.95 Å². The quantitative estimate of drug-likeness (QED) is 0.479. The van der Waals surface area contributed by atoms with Gasteiger partial charge in [0.25, 0.3) is 0 Å². The lowest BCUT2D eigenvalue weighted by Crippen LogP contribution is -2.46. The van der Waals surface area contributed by atoms with Crippen LogP contribution in [0.5, 0.6) is 0 Å². The van der Waals surface area contributed by atoms with Crippen LogP contribution in [0, 0.1) is 0 Å². The zero-order chi connectivity index (χ0) is 19.9. The monoisotopic (exact) mass is 418 g/mol. The summed E-state index contributed by atoms with van der Waals surface area (Å²) >= 11 is 1.65. The third kappa shape index (κ3) is 3.10. The highest BCUT2D eigenvalue weighted by atomic mass is 32.1. The van der Waals surface area contributed by atoms with Gasteiger partial charge < -0.3 is 9.64 Å². The lowest BCUT2D eigenvalue weighted by atomic mass is 10.0. The summed E-state index contributed by atoms with van der Waals surface area (Å²) in [6.07, 6.45) is 6.77. The van der Waals surface area contributed by atoms with Crippen molar-refractivity contribution in [3.63, 3.8) is 0 Å². The summed E-state index contributed by atoms with van der Waals surface area (Å²) in [6.45, 7) is 1.94. The highest BCUT2D eigenvalue weighted by molar-refractivity contribution is 7.17. The van der Waals surface area contributed by atoms with Crippen LogP contribution in [0.1, 0.15) is 11.7 Å². The molecule has 1 aromatic carbocycles. The maximum absolute atomic E-state index is 6.52. The van der Waals surface area contributed by atoms with Crippen LogP contribution in [-0.4, -0.2) is 54.1 Å². The molecule has 10 heteroatoms. The highest BCUT2D eigenvalue weighted by Crippen LogP contribution is 2.32. The predicted octanol–water partition coefficient (Wildman–Crippen LogP) is 2.81. The molecular weight excluding hydrogens is 400 g/mol. The maximum atomic E-state index is 6.52. The Hall–Kier alpha value is -3.37. The van der Waals surface area contributed by atoms with Crippen molar-refractivity contribution < 1.29 is 4.74 Å². The van der Waals surface area contributed by atoms with Crippen molar-refractivity contribution >= 4 is 38.4 Å². The summed E-state index contributed by atoms with van der Waals surface area (Å²) in [5, 5.41) is 14.6. The molecule has 0 aliphatic carbocycles. The molecule has 0 amide bonds. The van der Waals surface area contributed by atoms with Crippen LogP contribution in [0.2, 0.25) is 0 Å². The summed E-state index contributed by atoms with van der Waals surface area (Å²) in [5.74, 6) is 0.720. The number of rotatable bonds is 4. The fraction of sp³-hybridized carbons (Fsp3) is 0.250. The van der Waals surface area contributed by atoms with Gasteiger partial charge >= 0.3 is 0 Å². The van der Waals surface area contributed by atoms with Crippen molar-refractivity contribution in [2.24, 2.45) is 0 Å². The van der Waals surface area contributed by atoms with Gasteiger partial charge in [-0.15, -0.1) is 11.3 Å². The minimum absolute atomic E-state index is 0.0885. The van der Waals surface area contributed by atoms with Crippen LogP contribution in [-0.2, 0) is 11.3 Å². The minimum Gasteiger partial charge on any atom is -0.365 e. The van der Waals surface area contributed by atoms with E-state index in [4.69, 9.17) is 9.72 Å². The number of hydrogen-bond acceptors (Lipinski definition) is 8. The zero-order valence-electron chi connectivity index (χ0n) is 15.9. The van der Waals surface area contributed by atoms with E-state index in [0.717, 1.165) is 32.6 Å². The highest BCUT2D eigenvalue weighted by Gasteiger charge is 2.32. The van der Waals surface area contributed by atoms with Gasteiger partial charge in [0.05, 0.1) is 47.3 Å². The van der Waals surface area contributed by atoms with Gasteiger partial charge in [-0.05, 0) is 23.1 Å². The number of anilines is 1. The lowest BCUT2D eigenvalue weighted by molar-refractivity contribution is -0.0366. The number of fused-ring (bicyclic) bond motifs is 2. The molecule has 0 saturated carbocycles. The number of H-pyrrole nitrogens is 1. The third-order valence-corrected chi connectivity index (χ3v) is 6.20. The standard InChI is InChI=1S/C20H18N8OS/c1-2-14(15-6-23-26-16(15)3-1)18-10-27(8-13(29-18)9-28-12-21-11-24-28)20-22-7-19-17(25-20)4-5-30-19/h1-7,11-13,18H,8-10H2,(H,23,26). The largest absolute Gasteiger partial charge is 0.365 e. The molecule has 4 aromatic heterocycles. The molecule has 0 radical (unpaired) electrons. The van der Waals surface area contributed by atoms with E-state index in [1.165, 1.54) is 6.33 Å². The first kappa shape index (κ1) is 17.5. The molecule has 1 aliphatic rings. The van der Waals surface area contributed by atoms with Crippen molar-refractivity contribution in [2.75, 3.05) is 18.0 Å². The average Bonchev–Trinajstić information content (AvgIpc) is 3.53. The summed E-state index contributed by atoms with van der Waals surface area (Å²) in [6, 6.07) is 8.18. The Morgan fingerprint density at radius 2 is 2.20 bits per heavy atom. The fourth-order valence-electron chi connectivity index (χ4n) is 3.99. The Balaban J connectivity index is 1.37. The molecule has 0 spiro atoms. The molecule has 2 atom stereocenters. The van der Waals surface area contributed by atoms with E-state index < -0.39 is 0 Å². The minimum atomic E-state index is -0.143. The van der Waals surface area contributed by atoms with Gasteiger partial charge in [-0.2, -0.15) is 10.2 Å². The van der Waals surface area contributed by atoms with E-state index in [1.807, 2.05) is 36.0 Å². The Bertz CT molecular complexity index is 1300.